The number of halogens is 2. The number of nitrogens with zero attached hydrogens (tertiary/aromatic N) is 1. The molecule has 1 aliphatic carbocycles. The summed E-state index contributed by atoms with van der Waals surface area (Å²) in [5, 5.41) is 0. The number of hydrogen-bond donors (Lipinski definition) is 0. The highest BCUT2D eigenvalue weighted by molar-refractivity contribution is 14.1. The van der Waals surface area contributed by atoms with Crippen molar-refractivity contribution < 1.29 is 4.39 Å². The monoisotopic (exact) mass is 293 g/mol. The molecular formula is C10H13FIN. The van der Waals surface area contributed by atoms with E-state index < -0.39 is 6.17 Å². The van der Waals surface area contributed by atoms with E-state index in [-0.39, 0.29) is 0 Å². The highest BCUT2D eigenvalue weighted by atomic mass is 127. The second kappa shape index (κ2) is 3.98. The zero-order valence-electron chi connectivity index (χ0n) is 7.42. The molecule has 2 rings (SSSR count). The predicted octanol–water partition coefficient (Wildman–Crippen LogP) is 3.55. The summed E-state index contributed by atoms with van der Waals surface area (Å²) in [5.74, 6) is 0. The van der Waals surface area contributed by atoms with E-state index in [1.807, 2.05) is 0 Å². The van der Waals surface area contributed by atoms with Crippen molar-refractivity contribution >= 4 is 22.6 Å². The Morgan fingerprint density at radius 2 is 2.00 bits per heavy atom. The van der Waals surface area contributed by atoms with Crippen LogP contribution in [0.25, 0.3) is 0 Å². The minimum absolute atomic E-state index is 0.538. The molecule has 1 fully saturated rings. The van der Waals surface area contributed by atoms with Crippen molar-refractivity contribution in [2.24, 2.45) is 0 Å². The van der Waals surface area contributed by atoms with Crippen LogP contribution in [0.4, 0.5) is 4.39 Å². The average molecular weight is 293 g/mol. The molecule has 1 saturated carbocycles. The van der Waals surface area contributed by atoms with Gasteiger partial charge in [0.05, 0.1) is 0 Å². The normalized spacial score (nSPS) is 29.1. The summed E-state index contributed by atoms with van der Waals surface area (Å²) in [5.41, 5.74) is 0. The third-order valence-corrected chi connectivity index (χ3v) is 3.36. The molecular weight excluding hydrogens is 280 g/mol. The van der Waals surface area contributed by atoms with E-state index in [9.17, 15) is 4.39 Å². The maximum absolute atomic E-state index is 12.9. The standard InChI is InChI=1S/C10H13FIN/c11-8-1-3-10(4-2-8)13-6-5-9(12)7-13/h5-8,10H,1-4H2. The van der Waals surface area contributed by atoms with Gasteiger partial charge in [-0.3, -0.25) is 0 Å². The van der Waals surface area contributed by atoms with Gasteiger partial charge in [-0.25, -0.2) is 4.39 Å². The van der Waals surface area contributed by atoms with Gasteiger partial charge in [-0.2, -0.15) is 0 Å². The molecule has 0 bridgehead atoms. The van der Waals surface area contributed by atoms with Crippen LogP contribution in [0.2, 0.25) is 0 Å². The fourth-order valence-electron chi connectivity index (χ4n) is 1.95. The average Bonchev–Trinajstić information content (AvgIpc) is 2.53. The Morgan fingerprint density at radius 1 is 1.31 bits per heavy atom. The molecule has 0 unspecified atom stereocenters. The maximum Gasteiger partial charge on any atom is 0.100 e. The van der Waals surface area contributed by atoms with Crippen molar-refractivity contribution in [1.29, 1.82) is 0 Å². The lowest BCUT2D eigenvalue weighted by molar-refractivity contribution is 0.209. The molecule has 1 aromatic heterocycles. The minimum atomic E-state index is -0.550. The Labute approximate surface area is 91.5 Å². The summed E-state index contributed by atoms with van der Waals surface area (Å²) in [6, 6.07) is 2.64. The molecule has 1 aromatic rings. The molecule has 0 aliphatic heterocycles. The summed E-state index contributed by atoms with van der Waals surface area (Å²) in [7, 11) is 0. The Bertz CT molecular complexity index is 276. The van der Waals surface area contributed by atoms with Crippen LogP contribution in [-0.4, -0.2) is 10.7 Å². The van der Waals surface area contributed by atoms with Crippen LogP contribution in [-0.2, 0) is 0 Å². The first-order valence-electron chi connectivity index (χ1n) is 4.73. The first-order valence-corrected chi connectivity index (χ1v) is 5.80. The van der Waals surface area contributed by atoms with Gasteiger partial charge in [-0.05, 0) is 54.3 Å². The molecule has 0 N–H and O–H groups in total. The van der Waals surface area contributed by atoms with Gasteiger partial charge in [-0.1, -0.05) is 0 Å². The second-order valence-corrected chi connectivity index (χ2v) is 4.93. The van der Waals surface area contributed by atoms with Crippen LogP contribution in [0.5, 0.6) is 0 Å². The molecule has 13 heavy (non-hydrogen) atoms. The van der Waals surface area contributed by atoms with Gasteiger partial charge < -0.3 is 4.57 Å². The Kier molecular flexibility index (Phi) is 2.91. The number of aromatic nitrogens is 1. The summed E-state index contributed by atoms with van der Waals surface area (Å²) in [6.45, 7) is 0. The van der Waals surface area contributed by atoms with Gasteiger partial charge in [0.25, 0.3) is 0 Å². The van der Waals surface area contributed by atoms with E-state index in [1.54, 1.807) is 0 Å². The van der Waals surface area contributed by atoms with Crippen molar-refractivity contribution in [1.82, 2.24) is 4.57 Å². The molecule has 3 heteroatoms. The summed E-state index contributed by atoms with van der Waals surface area (Å²) >= 11 is 2.31. The third-order valence-electron chi connectivity index (χ3n) is 2.73. The lowest BCUT2D eigenvalue weighted by atomic mass is 9.94. The molecule has 1 aliphatic rings. The number of rotatable bonds is 1. The molecule has 0 aromatic carbocycles. The first kappa shape index (κ1) is 9.49. The van der Waals surface area contributed by atoms with Crippen LogP contribution >= 0.6 is 22.6 Å². The smallest absolute Gasteiger partial charge is 0.100 e. The van der Waals surface area contributed by atoms with E-state index >= 15 is 0 Å². The van der Waals surface area contributed by atoms with Gasteiger partial charge >= 0.3 is 0 Å². The lowest BCUT2D eigenvalue weighted by Crippen LogP contribution is -2.17. The van der Waals surface area contributed by atoms with Gasteiger partial charge in [0.2, 0.25) is 0 Å². The zero-order chi connectivity index (χ0) is 9.26. The SMILES string of the molecule is FC1CCC(n2ccc(I)c2)CC1. The predicted molar refractivity (Wildman–Crippen MR) is 59.6 cm³/mol. The van der Waals surface area contributed by atoms with Crippen molar-refractivity contribution in [3.63, 3.8) is 0 Å². The van der Waals surface area contributed by atoms with Crippen molar-refractivity contribution in [2.75, 3.05) is 0 Å². The number of hydrogen-bond acceptors (Lipinski definition) is 0. The van der Waals surface area contributed by atoms with Crippen LogP contribution in [0.15, 0.2) is 18.5 Å². The van der Waals surface area contributed by atoms with E-state index in [2.05, 4.69) is 45.6 Å². The summed E-state index contributed by atoms with van der Waals surface area (Å²) < 4.78 is 16.4. The molecule has 0 atom stereocenters. The van der Waals surface area contributed by atoms with E-state index in [1.165, 1.54) is 3.57 Å². The van der Waals surface area contributed by atoms with E-state index in [0.717, 1.165) is 25.7 Å². The molecule has 0 spiro atoms. The fourth-order valence-corrected chi connectivity index (χ4v) is 2.43. The molecule has 72 valence electrons. The zero-order valence-corrected chi connectivity index (χ0v) is 9.58. The van der Waals surface area contributed by atoms with Gasteiger partial charge in [0.15, 0.2) is 0 Å². The molecule has 1 heterocycles. The summed E-state index contributed by atoms with van der Waals surface area (Å²) in [6.07, 6.45) is 7.15. The van der Waals surface area contributed by atoms with E-state index in [0.29, 0.717) is 6.04 Å². The van der Waals surface area contributed by atoms with Crippen LogP contribution in [0, 0.1) is 3.57 Å². The molecule has 0 radical (unpaired) electrons. The Morgan fingerprint density at radius 3 is 2.54 bits per heavy atom. The second-order valence-electron chi connectivity index (χ2n) is 3.68. The topological polar surface area (TPSA) is 4.93 Å². The Balaban J connectivity index is 2.02. The van der Waals surface area contributed by atoms with Crippen molar-refractivity contribution in [2.45, 2.75) is 37.9 Å². The maximum atomic E-state index is 12.9. The highest BCUT2D eigenvalue weighted by Gasteiger charge is 2.21. The number of alkyl halides is 1. The summed E-state index contributed by atoms with van der Waals surface area (Å²) in [4.78, 5) is 0. The molecule has 1 nitrogen and oxygen atoms in total. The largest absolute Gasteiger partial charge is 0.350 e. The lowest BCUT2D eigenvalue weighted by Gasteiger charge is -2.25. The van der Waals surface area contributed by atoms with E-state index in [4.69, 9.17) is 0 Å². The first-order chi connectivity index (χ1) is 6.25. The minimum Gasteiger partial charge on any atom is -0.350 e. The molecule has 0 amide bonds. The van der Waals surface area contributed by atoms with Crippen molar-refractivity contribution in [3.8, 4) is 0 Å². The van der Waals surface area contributed by atoms with Crippen molar-refractivity contribution in [3.05, 3.63) is 22.0 Å². The van der Waals surface area contributed by atoms with Crippen LogP contribution in [0.1, 0.15) is 31.7 Å². The van der Waals surface area contributed by atoms with Crippen LogP contribution < -0.4 is 0 Å². The quantitative estimate of drug-likeness (QED) is 0.698. The van der Waals surface area contributed by atoms with Gasteiger partial charge in [-0.15, -0.1) is 0 Å². The van der Waals surface area contributed by atoms with Gasteiger partial charge in [0, 0.05) is 22.0 Å². The van der Waals surface area contributed by atoms with Gasteiger partial charge in [0.1, 0.15) is 6.17 Å². The third kappa shape index (κ3) is 2.24. The molecule has 0 saturated heterocycles. The highest BCUT2D eigenvalue weighted by Crippen LogP contribution is 2.30. The fraction of sp³-hybridized carbons (Fsp3) is 0.600. The Hall–Kier alpha value is -0.0600. The van der Waals surface area contributed by atoms with Crippen LogP contribution in [0.3, 0.4) is 0 Å².